The van der Waals surface area contributed by atoms with Gasteiger partial charge in [-0.3, -0.25) is 0 Å². The molecule has 1 aliphatic rings. The van der Waals surface area contributed by atoms with Crippen molar-refractivity contribution in [3.05, 3.63) is 55.1 Å². The van der Waals surface area contributed by atoms with E-state index in [2.05, 4.69) is 58.9 Å². The van der Waals surface area contributed by atoms with Crippen LogP contribution in [0.3, 0.4) is 0 Å². The predicted octanol–water partition coefficient (Wildman–Crippen LogP) is 4.50. The lowest BCUT2D eigenvalue weighted by molar-refractivity contribution is 0.308. The van der Waals surface area contributed by atoms with Crippen molar-refractivity contribution in [2.24, 2.45) is 0 Å². The molecule has 0 saturated heterocycles. The van der Waals surface area contributed by atoms with Crippen LogP contribution in [0.5, 0.6) is 5.75 Å². The third-order valence-corrected chi connectivity index (χ3v) is 4.66. The molecule has 0 atom stereocenters. The molecule has 0 amide bonds. The zero-order valence-electron chi connectivity index (χ0n) is 14.0. The van der Waals surface area contributed by atoms with Gasteiger partial charge in [0.15, 0.2) is 0 Å². The highest BCUT2D eigenvalue weighted by Crippen LogP contribution is 2.31. The van der Waals surface area contributed by atoms with E-state index in [-0.39, 0.29) is 0 Å². The Hall–Kier alpha value is -2.26. The summed E-state index contributed by atoms with van der Waals surface area (Å²) in [6.45, 7) is 6.51. The van der Waals surface area contributed by atoms with Crippen molar-refractivity contribution in [3.63, 3.8) is 0 Å². The number of allylic oxidation sites excluding steroid dienone is 1. The molecule has 3 aromatic rings. The maximum atomic E-state index is 5.97. The van der Waals surface area contributed by atoms with Crippen LogP contribution >= 0.6 is 0 Å². The standard InChI is InChI=1S/C21H24N2O/c1-2-13-23-20-7-4-3-6-18(20)19-11-10-17(15-21(19)23)24-14-5-12-22-16-8-9-16/h2-4,6-7,10-11,15-16,22H,1,5,8-9,12-14H2. The first kappa shape index (κ1) is 15.3. The summed E-state index contributed by atoms with van der Waals surface area (Å²) in [5.41, 5.74) is 2.46. The van der Waals surface area contributed by atoms with Crippen LogP contribution in [0.2, 0.25) is 0 Å². The van der Waals surface area contributed by atoms with E-state index in [1.54, 1.807) is 0 Å². The molecule has 1 N–H and O–H groups in total. The second-order valence-electron chi connectivity index (χ2n) is 6.53. The van der Waals surface area contributed by atoms with Crippen LogP contribution in [0.15, 0.2) is 55.1 Å². The van der Waals surface area contributed by atoms with Crippen molar-refractivity contribution >= 4 is 21.8 Å². The van der Waals surface area contributed by atoms with E-state index < -0.39 is 0 Å². The van der Waals surface area contributed by atoms with E-state index in [0.29, 0.717) is 0 Å². The quantitative estimate of drug-likeness (QED) is 0.488. The third kappa shape index (κ3) is 3.04. The molecule has 0 spiro atoms. The molecule has 124 valence electrons. The highest BCUT2D eigenvalue weighted by atomic mass is 16.5. The van der Waals surface area contributed by atoms with Gasteiger partial charge < -0.3 is 14.6 Å². The molecular weight excluding hydrogens is 296 g/mol. The predicted molar refractivity (Wildman–Crippen MR) is 101 cm³/mol. The lowest BCUT2D eigenvalue weighted by atomic mass is 10.1. The largest absolute Gasteiger partial charge is 0.493 e. The molecule has 3 nitrogen and oxygen atoms in total. The minimum atomic E-state index is 0.757. The van der Waals surface area contributed by atoms with Crippen molar-refractivity contribution in [2.75, 3.05) is 13.2 Å². The number of benzene rings is 2. The molecule has 4 rings (SSSR count). The Labute approximate surface area is 142 Å². The van der Waals surface area contributed by atoms with E-state index in [0.717, 1.165) is 37.9 Å². The van der Waals surface area contributed by atoms with Crippen LogP contribution in [0.25, 0.3) is 21.8 Å². The van der Waals surface area contributed by atoms with E-state index in [9.17, 15) is 0 Å². The van der Waals surface area contributed by atoms with Crippen LogP contribution in [0.1, 0.15) is 19.3 Å². The van der Waals surface area contributed by atoms with Crippen LogP contribution in [0, 0.1) is 0 Å². The van der Waals surface area contributed by atoms with Gasteiger partial charge in [0.25, 0.3) is 0 Å². The minimum absolute atomic E-state index is 0.757. The molecule has 0 unspecified atom stereocenters. The Balaban J connectivity index is 1.55. The molecule has 1 saturated carbocycles. The highest BCUT2D eigenvalue weighted by Gasteiger charge is 2.19. The second-order valence-corrected chi connectivity index (χ2v) is 6.53. The van der Waals surface area contributed by atoms with Crippen LogP contribution in [0.4, 0.5) is 0 Å². The fourth-order valence-electron chi connectivity index (χ4n) is 3.30. The molecule has 3 heteroatoms. The fourth-order valence-corrected chi connectivity index (χ4v) is 3.30. The van der Waals surface area contributed by atoms with Gasteiger partial charge in [0, 0.05) is 34.9 Å². The summed E-state index contributed by atoms with van der Waals surface area (Å²) < 4.78 is 8.27. The van der Waals surface area contributed by atoms with Gasteiger partial charge in [0.1, 0.15) is 5.75 Å². The number of aromatic nitrogens is 1. The summed E-state index contributed by atoms with van der Waals surface area (Å²) >= 11 is 0. The van der Waals surface area contributed by atoms with Crippen LogP contribution < -0.4 is 10.1 Å². The Morgan fingerprint density at radius 3 is 2.79 bits per heavy atom. The molecule has 24 heavy (non-hydrogen) atoms. The Morgan fingerprint density at radius 1 is 1.12 bits per heavy atom. The molecule has 0 radical (unpaired) electrons. The Morgan fingerprint density at radius 2 is 1.96 bits per heavy atom. The second kappa shape index (κ2) is 6.70. The zero-order valence-corrected chi connectivity index (χ0v) is 14.0. The molecule has 1 fully saturated rings. The van der Waals surface area contributed by atoms with Crippen molar-refractivity contribution in [1.82, 2.24) is 9.88 Å². The van der Waals surface area contributed by atoms with Crippen LogP contribution in [-0.4, -0.2) is 23.8 Å². The van der Waals surface area contributed by atoms with Crippen LogP contribution in [-0.2, 0) is 6.54 Å². The molecule has 1 aromatic heterocycles. The van der Waals surface area contributed by atoms with E-state index in [1.165, 1.54) is 34.6 Å². The molecule has 2 aromatic carbocycles. The molecule has 0 bridgehead atoms. The van der Waals surface area contributed by atoms with Crippen molar-refractivity contribution < 1.29 is 4.74 Å². The highest BCUT2D eigenvalue weighted by molar-refractivity contribution is 6.08. The van der Waals surface area contributed by atoms with Crippen molar-refractivity contribution in [1.29, 1.82) is 0 Å². The summed E-state index contributed by atoms with van der Waals surface area (Å²) in [5.74, 6) is 0.946. The minimum Gasteiger partial charge on any atom is -0.493 e. The first-order chi connectivity index (χ1) is 11.9. The number of rotatable bonds is 8. The van der Waals surface area contributed by atoms with Crippen molar-refractivity contribution in [2.45, 2.75) is 31.8 Å². The number of fused-ring (bicyclic) bond motifs is 3. The number of ether oxygens (including phenoxy) is 1. The van der Waals surface area contributed by atoms with Gasteiger partial charge in [-0.2, -0.15) is 0 Å². The molecule has 0 aliphatic heterocycles. The SMILES string of the molecule is C=CCn1c2ccccc2c2ccc(OCCCNC3CC3)cc21. The Bertz CT molecular complexity index is 861. The van der Waals surface area contributed by atoms with Crippen molar-refractivity contribution in [3.8, 4) is 5.75 Å². The normalized spacial score (nSPS) is 14.3. The monoisotopic (exact) mass is 320 g/mol. The number of nitrogens with one attached hydrogen (secondary N) is 1. The van der Waals surface area contributed by atoms with E-state index in [1.807, 2.05) is 6.08 Å². The average Bonchev–Trinajstić information content (AvgIpc) is 3.39. The van der Waals surface area contributed by atoms with Gasteiger partial charge in [-0.25, -0.2) is 0 Å². The topological polar surface area (TPSA) is 26.2 Å². The third-order valence-electron chi connectivity index (χ3n) is 4.66. The Kier molecular flexibility index (Phi) is 4.26. The van der Waals surface area contributed by atoms with Gasteiger partial charge in [0.2, 0.25) is 0 Å². The average molecular weight is 320 g/mol. The molecular formula is C21H24N2O. The summed E-state index contributed by atoms with van der Waals surface area (Å²) in [6.07, 6.45) is 5.67. The summed E-state index contributed by atoms with van der Waals surface area (Å²) in [5, 5.41) is 6.08. The lowest BCUT2D eigenvalue weighted by Crippen LogP contribution is -2.19. The van der Waals surface area contributed by atoms with Gasteiger partial charge in [-0.05, 0) is 44.0 Å². The summed E-state index contributed by atoms with van der Waals surface area (Å²) in [4.78, 5) is 0. The number of nitrogens with zero attached hydrogens (tertiary/aromatic N) is 1. The molecule has 1 aliphatic carbocycles. The summed E-state index contributed by atoms with van der Waals surface area (Å²) in [7, 11) is 0. The smallest absolute Gasteiger partial charge is 0.121 e. The van der Waals surface area contributed by atoms with E-state index in [4.69, 9.17) is 4.74 Å². The summed E-state index contributed by atoms with van der Waals surface area (Å²) in [6, 6.07) is 15.7. The first-order valence-corrected chi connectivity index (χ1v) is 8.85. The first-order valence-electron chi connectivity index (χ1n) is 8.85. The number of hydrogen-bond donors (Lipinski definition) is 1. The maximum absolute atomic E-state index is 5.97. The van der Waals surface area contributed by atoms with Gasteiger partial charge in [0.05, 0.1) is 12.1 Å². The maximum Gasteiger partial charge on any atom is 0.121 e. The number of para-hydroxylation sites is 1. The van der Waals surface area contributed by atoms with Gasteiger partial charge in [-0.15, -0.1) is 6.58 Å². The van der Waals surface area contributed by atoms with E-state index >= 15 is 0 Å². The number of hydrogen-bond acceptors (Lipinski definition) is 2. The molecule has 1 heterocycles. The fraction of sp³-hybridized carbons (Fsp3) is 0.333. The lowest BCUT2D eigenvalue weighted by Gasteiger charge is -2.08. The zero-order chi connectivity index (χ0) is 16.4. The van der Waals surface area contributed by atoms with Gasteiger partial charge in [-0.1, -0.05) is 24.3 Å². The van der Waals surface area contributed by atoms with Gasteiger partial charge >= 0.3 is 0 Å².